The number of benzene rings is 2. The van der Waals surface area contributed by atoms with Crippen molar-refractivity contribution in [1.29, 1.82) is 0 Å². The highest BCUT2D eigenvalue weighted by Gasteiger charge is 2.43. The van der Waals surface area contributed by atoms with E-state index in [1.54, 1.807) is 0 Å². The number of alkyl carbamates (subject to hydrolysis) is 1. The van der Waals surface area contributed by atoms with Gasteiger partial charge in [-0.1, -0.05) is 61.7 Å². The van der Waals surface area contributed by atoms with E-state index >= 15 is 0 Å². The number of hydrogen-bond acceptors (Lipinski definition) is 5. The number of nitrogens with one attached hydrogen (secondary N) is 1. The van der Waals surface area contributed by atoms with Gasteiger partial charge in [0.2, 0.25) is 0 Å². The summed E-state index contributed by atoms with van der Waals surface area (Å²) >= 11 is 0. The Kier molecular flexibility index (Phi) is 10.3. The summed E-state index contributed by atoms with van der Waals surface area (Å²) in [7, 11) is 0. The number of rotatable bonds is 9. The molecule has 10 heteroatoms. The third-order valence-electron chi connectivity index (χ3n) is 9.46. The fourth-order valence-corrected chi connectivity index (χ4v) is 7.22. The minimum Gasteiger partial charge on any atom is -0.480 e. The van der Waals surface area contributed by atoms with E-state index in [4.69, 9.17) is 4.74 Å². The molecule has 0 bridgehead atoms. The van der Waals surface area contributed by atoms with Gasteiger partial charge in [0, 0.05) is 45.2 Å². The number of hydrogen-bond donors (Lipinski definition) is 2. The van der Waals surface area contributed by atoms with E-state index in [1.165, 1.54) is 24.1 Å². The van der Waals surface area contributed by atoms with Crippen molar-refractivity contribution in [2.24, 2.45) is 11.8 Å². The van der Waals surface area contributed by atoms with Crippen LogP contribution in [-0.4, -0.2) is 71.8 Å². The summed E-state index contributed by atoms with van der Waals surface area (Å²) in [6, 6.07) is 14.7. The first kappa shape index (κ1) is 31.3. The van der Waals surface area contributed by atoms with Crippen molar-refractivity contribution >= 4 is 12.1 Å². The first-order valence-corrected chi connectivity index (χ1v) is 15.5. The van der Waals surface area contributed by atoms with Crippen LogP contribution in [0.25, 0.3) is 0 Å². The molecule has 3 aliphatic rings. The maximum Gasteiger partial charge on any atom is 0.416 e. The van der Waals surface area contributed by atoms with Crippen LogP contribution < -0.4 is 5.32 Å². The largest absolute Gasteiger partial charge is 0.480 e. The van der Waals surface area contributed by atoms with Gasteiger partial charge >= 0.3 is 18.2 Å². The van der Waals surface area contributed by atoms with Gasteiger partial charge in [-0.15, -0.1) is 0 Å². The number of carbonyl (C=O) groups is 2. The number of alkyl halides is 3. The first-order chi connectivity index (χ1) is 20.7. The first-order valence-electron chi connectivity index (χ1n) is 15.5. The molecule has 3 atom stereocenters. The molecule has 0 radical (unpaired) electrons. The lowest BCUT2D eigenvalue weighted by molar-refractivity contribution is -0.145. The number of ether oxygens (including phenoxy) is 1. The molecule has 0 aromatic heterocycles. The smallest absolute Gasteiger partial charge is 0.416 e. The molecule has 2 aliphatic heterocycles. The highest BCUT2D eigenvalue weighted by atomic mass is 19.4. The van der Waals surface area contributed by atoms with Gasteiger partial charge < -0.3 is 20.1 Å². The zero-order valence-electron chi connectivity index (χ0n) is 24.5. The van der Waals surface area contributed by atoms with Crippen LogP contribution >= 0.6 is 0 Å². The highest BCUT2D eigenvalue weighted by Crippen LogP contribution is 2.38. The van der Waals surface area contributed by atoms with E-state index in [9.17, 15) is 27.9 Å². The van der Waals surface area contributed by atoms with Crippen LogP contribution in [-0.2, 0) is 22.3 Å². The van der Waals surface area contributed by atoms with E-state index in [-0.39, 0.29) is 24.5 Å². The number of halogens is 3. The van der Waals surface area contributed by atoms with Crippen LogP contribution in [0.15, 0.2) is 54.6 Å². The topological polar surface area (TPSA) is 82.1 Å². The molecule has 1 saturated carbocycles. The number of carboxylic acid groups (broad SMARTS) is 1. The lowest BCUT2D eigenvalue weighted by Gasteiger charge is -2.35. The molecule has 7 nitrogen and oxygen atoms in total. The van der Waals surface area contributed by atoms with Crippen LogP contribution in [0, 0.1) is 11.8 Å². The molecule has 1 aliphatic carbocycles. The molecule has 1 amide bonds. The number of nitrogens with zero attached hydrogens (tertiary/aromatic N) is 2. The Morgan fingerprint density at radius 1 is 0.930 bits per heavy atom. The lowest BCUT2D eigenvalue weighted by atomic mass is 9.83. The van der Waals surface area contributed by atoms with Gasteiger partial charge in [0.05, 0.1) is 5.56 Å². The maximum absolute atomic E-state index is 12.8. The fraction of sp³-hybridized carbons (Fsp3) is 0.576. The van der Waals surface area contributed by atoms with Crippen molar-refractivity contribution in [2.75, 3.05) is 32.7 Å². The molecular formula is C33H42F3N3O4. The van der Waals surface area contributed by atoms with E-state index in [0.29, 0.717) is 24.3 Å². The number of carbonyl (C=O) groups excluding carboxylic acids is 1. The monoisotopic (exact) mass is 601 g/mol. The van der Waals surface area contributed by atoms with Crippen molar-refractivity contribution in [3.8, 4) is 0 Å². The van der Waals surface area contributed by atoms with Crippen molar-refractivity contribution in [3.63, 3.8) is 0 Å². The molecule has 2 heterocycles. The summed E-state index contributed by atoms with van der Waals surface area (Å²) < 4.78 is 43.9. The predicted octanol–water partition coefficient (Wildman–Crippen LogP) is 6.15. The number of piperidine rings is 1. The van der Waals surface area contributed by atoms with Gasteiger partial charge in [0.1, 0.15) is 12.1 Å². The summed E-state index contributed by atoms with van der Waals surface area (Å²) in [5.74, 6) is 0.0718. The van der Waals surface area contributed by atoms with Gasteiger partial charge in [-0.25, -0.2) is 4.79 Å². The van der Waals surface area contributed by atoms with Crippen LogP contribution in [0.1, 0.15) is 67.6 Å². The minimum absolute atomic E-state index is 0.0903. The second-order valence-corrected chi connectivity index (χ2v) is 12.4. The van der Waals surface area contributed by atoms with Crippen molar-refractivity contribution in [2.45, 2.75) is 75.7 Å². The zero-order valence-corrected chi connectivity index (χ0v) is 24.5. The molecule has 2 saturated heterocycles. The lowest BCUT2D eigenvalue weighted by Crippen LogP contribution is -2.46. The maximum atomic E-state index is 12.8. The highest BCUT2D eigenvalue weighted by molar-refractivity contribution is 5.74. The van der Waals surface area contributed by atoms with Gasteiger partial charge in [-0.3, -0.25) is 9.69 Å². The SMILES string of the molecule is O=C(NCc1ccc(C(F)(F)F)cc1)OC1CCN(C[C@H]2CN([C@@H](C(=O)O)C3CCCCC3)C[C@@H]2c2ccccc2)CC1. The Labute approximate surface area is 251 Å². The van der Waals surface area contributed by atoms with E-state index in [0.717, 1.165) is 70.5 Å². The summed E-state index contributed by atoms with van der Waals surface area (Å²) in [6.45, 7) is 4.02. The molecular weight excluding hydrogens is 559 g/mol. The molecule has 2 aromatic carbocycles. The average Bonchev–Trinajstić information content (AvgIpc) is 3.40. The molecule has 234 valence electrons. The summed E-state index contributed by atoms with van der Waals surface area (Å²) in [6.07, 6.45) is 1.58. The van der Waals surface area contributed by atoms with E-state index in [2.05, 4.69) is 39.4 Å². The van der Waals surface area contributed by atoms with E-state index in [1.807, 2.05) is 6.07 Å². The number of likely N-dealkylation sites (tertiary alicyclic amines) is 2. The molecule has 3 fully saturated rings. The van der Waals surface area contributed by atoms with Gasteiger partial charge in [0.15, 0.2) is 0 Å². The second kappa shape index (κ2) is 14.1. The fourth-order valence-electron chi connectivity index (χ4n) is 7.22. The average molecular weight is 602 g/mol. The molecule has 2 N–H and O–H groups in total. The second-order valence-electron chi connectivity index (χ2n) is 12.4. The molecule has 43 heavy (non-hydrogen) atoms. The Balaban J connectivity index is 1.13. The van der Waals surface area contributed by atoms with Crippen molar-refractivity contribution in [1.82, 2.24) is 15.1 Å². The quantitative estimate of drug-likeness (QED) is 0.359. The summed E-state index contributed by atoms with van der Waals surface area (Å²) in [5, 5.41) is 12.9. The summed E-state index contributed by atoms with van der Waals surface area (Å²) in [5.41, 5.74) is 1.09. The van der Waals surface area contributed by atoms with E-state index < -0.39 is 29.8 Å². The van der Waals surface area contributed by atoms with Crippen LogP contribution in [0.4, 0.5) is 18.0 Å². The molecule has 2 aromatic rings. The normalized spacial score (nSPS) is 23.6. The Hall–Kier alpha value is -3.11. The van der Waals surface area contributed by atoms with Crippen molar-refractivity contribution < 1.29 is 32.6 Å². The van der Waals surface area contributed by atoms with Crippen LogP contribution in [0.5, 0.6) is 0 Å². The van der Waals surface area contributed by atoms with Gasteiger partial charge in [0.25, 0.3) is 0 Å². The van der Waals surface area contributed by atoms with Gasteiger partial charge in [-0.2, -0.15) is 13.2 Å². The van der Waals surface area contributed by atoms with Gasteiger partial charge in [-0.05, 0) is 60.8 Å². The standard InChI is InChI=1S/C33H42F3N3O4/c34-33(35,36)27-13-11-23(12-14-27)19-37-32(42)43-28-15-17-38(18-16-28)20-26-21-39(22-29(26)24-7-3-1-4-8-24)30(31(40)41)25-9-5-2-6-10-25/h1,3-4,7-8,11-14,25-26,28-30H,2,5-6,9-10,15-22H2,(H,37,42)(H,40,41)/t26-,29+,30+/m0/s1. The Morgan fingerprint density at radius 3 is 2.23 bits per heavy atom. The third kappa shape index (κ3) is 8.29. The summed E-state index contributed by atoms with van der Waals surface area (Å²) in [4.78, 5) is 29.5. The van der Waals surface area contributed by atoms with Crippen molar-refractivity contribution in [3.05, 3.63) is 71.3 Å². The third-order valence-corrected chi connectivity index (χ3v) is 9.46. The number of amides is 1. The zero-order chi connectivity index (χ0) is 30.4. The minimum atomic E-state index is -4.39. The molecule has 5 rings (SSSR count). The number of aliphatic carboxylic acids is 1. The Morgan fingerprint density at radius 2 is 1.60 bits per heavy atom. The molecule has 0 spiro atoms. The predicted molar refractivity (Wildman–Crippen MR) is 156 cm³/mol. The molecule has 0 unspecified atom stereocenters. The van der Waals surface area contributed by atoms with Crippen LogP contribution in [0.3, 0.4) is 0 Å². The van der Waals surface area contributed by atoms with Crippen LogP contribution in [0.2, 0.25) is 0 Å². The number of carboxylic acids is 1. The Bertz CT molecular complexity index is 1200.